The molecular weight excluding hydrogens is 178 g/mol. The topological polar surface area (TPSA) is 12.0 Å². The van der Waals surface area contributed by atoms with Gasteiger partial charge in [0.2, 0.25) is 0 Å². The molecular formula is C11H15NS. The summed E-state index contributed by atoms with van der Waals surface area (Å²) in [5, 5.41) is 0. The highest BCUT2D eigenvalue weighted by Crippen LogP contribution is 2.14. The van der Waals surface area contributed by atoms with Crippen molar-refractivity contribution in [2.24, 2.45) is 0 Å². The molecule has 1 aromatic carbocycles. The Labute approximate surface area is 84.4 Å². The Kier molecular flexibility index (Phi) is 4.47. The number of rotatable bonds is 5. The van der Waals surface area contributed by atoms with Gasteiger partial charge in [0.25, 0.3) is 0 Å². The molecule has 0 spiro atoms. The SMILES string of the molecule is C=C(CC)CSNc1ccccc1. The fraction of sp³-hybridized carbons (Fsp3) is 0.273. The van der Waals surface area contributed by atoms with Crippen molar-refractivity contribution in [3.05, 3.63) is 42.5 Å². The maximum absolute atomic E-state index is 3.94. The van der Waals surface area contributed by atoms with Gasteiger partial charge in [0.05, 0.1) is 0 Å². The third-order valence-corrected chi connectivity index (χ3v) is 2.67. The zero-order valence-corrected chi connectivity index (χ0v) is 8.73. The van der Waals surface area contributed by atoms with Crippen molar-refractivity contribution in [2.75, 3.05) is 10.5 Å². The molecule has 0 atom stereocenters. The third-order valence-electron chi connectivity index (χ3n) is 1.74. The standard InChI is InChI=1S/C11H15NS/c1-3-10(2)9-13-12-11-7-5-4-6-8-11/h4-8,12H,2-3,9H2,1H3. The Hall–Kier alpha value is -0.890. The van der Waals surface area contributed by atoms with Gasteiger partial charge in [0.15, 0.2) is 0 Å². The van der Waals surface area contributed by atoms with Gasteiger partial charge in [-0.05, 0) is 30.5 Å². The third kappa shape index (κ3) is 4.04. The summed E-state index contributed by atoms with van der Waals surface area (Å²) < 4.78 is 3.27. The molecule has 1 rings (SSSR count). The molecule has 0 amide bonds. The lowest BCUT2D eigenvalue weighted by atomic mass is 10.3. The predicted molar refractivity (Wildman–Crippen MR) is 62.0 cm³/mol. The molecule has 0 unspecified atom stereocenters. The van der Waals surface area contributed by atoms with E-state index in [4.69, 9.17) is 0 Å². The quantitative estimate of drug-likeness (QED) is 0.565. The minimum atomic E-state index is 0.978. The summed E-state index contributed by atoms with van der Waals surface area (Å²) in [5.41, 5.74) is 2.42. The minimum Gasteiger partial charge on any atom is -0.329 e. The van der Waals surface area contributed by atoms with Gasteiger partial charge in [-0.3, -0.25) is 0 Å². The monoisotopic (exact) mass is 193 g/mol. The van der Waals surface area contributed by atoms with Crippen molar-refractivity contribution in [1.29, 1.82) is 0 Å². The number of hydrogen-bond donors (Lipinski definition) is 1. The summed E-state index contributed by atoms with van der Waals surface area (Å²) >= 11 is 1.69. The highest BCUT2D eigenvalue weighted by molar-refractivity contribution is 8.00. The molecule has 0 saturated heterocycles. The van der Waals surface area contributed by atoms with E-state index < -0.39 is 0 Å². The Morgan fingerprint density at radius 3 is 2.69 bits per heavy atom. The summed E-state index contributed by atoms with van der Waals surface area (Å²) in [6.45, 7) is 6.07. The van der Waals surface area contributed by atoms with Gasteiger partial charge in [-0.2, -0.15) is 0 Å². The molecule has 0 bridgehead atoms. The normalized spacial score (nSPS) is 9.62. The van der Waals surface area contributed by atoms with Crippen LogP contribution in [0.5, 0.6) is 0 Å². The van der Waals surface area contributed by atoms with Crippen LogP contribution in [-0.4, -0.2) is 5.75 Å². The van der Waals surface area contributed by atoms with Crippen LogP contribution < -0.4 is 4.72 Å². The molecule has 0 heterocycles. The average molecular weight is 193 g/mol. The molecule has 0 fully saturated rings. The molecule has 0 aromatic heterocycles. The predicted octanol–water partition coefficient (Wildman–Crippen LogP) is 3.71. The van der Waals surface area contributed by atoms with Gasteiger partial charge in [-0.15, -0.1) is 0 Å². The van der Waals surface area contributed by atoms with Crippen LogP contribution in [0.15, 0.2) is 42.5 Å². The first kappa shape index (κ1) is 10.2. The lowest BCUT2D eigenvalue weighted by Gasteiger charge is -2.05. The number of benzene rings is 1. The van der Waals surface area contributed by atoms with Gasteiger partial charge < -0.3 is 4.72 Å². The Morgan fingerprint density at radius 2 is 2.08 bits per heavy atom. The maximum Gasteiger partial charge on any atom is 0.0440 e. The molecule has 1 nitrogen and oxygen atoms in total. The number of para-hydroxylation sites is 1. The van der Waals surface area contributed by atoms with E-state index in [0.29, 0.717) is 0 Å². The first-order valence-corrected chi connectivity index (χ1v) is 5.41. The molecule has 0 aliphatic heterocycles. The van der Waals surface area contributed by atoms with Gasteiger partial charge in [-0.1, -0.05) is 37.3 Å². The van der Waals surface area contributed by atoms with Crippen LogP contribution in [-0.2, 0) is 0 Å². The first-order chi connectivity index (χ1) is 6.33. The van der Waals surface area contributed by atoms with Crippen molar-refractivity contribution >= 4 is 17.6 Å². The van der Waals surface area contributed by atoms with E-state index in [9.17, 15) is 0 Å². The van der Waals surface area contributed by atoms with Crippen molar-refractivity contribution in [3.63, 3.8) is 0 Å². The van der Waals surface area contributed by atoms with Crippen LogP contribution in [0.2, 0.25) is 0 Å². The Balaban J connectivity index is 2.24. The zero-order chi connectivity index (χ0) is 9.52. The van der Waals surface area contributed by atoms with E-state index in [1.165, 1.54) is 5.57 Å². The van der Waals surface area contributed by atoms with Crippen molar-refractivity contribution in [1.82, 2.24) is 0 Å². The van der Waals surface area contributed by atoms with Crippen LogP contribution in [0.1, 0.15) is 13.3 Å². The van der Waals surface area contributed by atoms with E-state index >= 15 is 0 Å². The van der Waals surface area contributed by atoms with E-state index in [1.807, 2.05) is 18.2 Å². The number of hydrogen-bond acceptors (Lipinski definition) is 2. The first-order valence-electron chi connectivity index (χ1n) is 4.42. The summed E-state index contributed by atoms with van der Waals surface area (Å²) in [5.74, 6) is 0.978. The lowest BCUT2D eigenvalue weighted by Crippen LogP contribution is -1.90. The van der Waals surface area contributed by atoms with Crippen molar-refractivity contribution < 1.29 is 0 Å². The smallest absolute Gasteiger partial charge is 0.0440 e. The molecule has 0 saturated carbocycles. The molecule has 1 aromatic rings. The molecule has 70 valence electrons. The van der Waals surface area contributed by atoms with Crippen LogP contribution in [0.4, 0.5) is 5.69 Å². The largest absolute Gasteiger partial charge is 0.329 e. The van der Waals surface area contributed by atoms with E-state index in [1.54, 1.807) is 11.9 Å². The van der Waals surface area contributed by atoms with Crippen molar-refractivity contribution in [2.45, 2.75) is 13.3 Å². The number of nitrogens with one attached hydrogen (secondary N) is 1. The van der Waals surface area contributed by atoms with E-state index in [2.05, 4.69) is 30.4 Å². The lowest BCUT2D eigenvalue weighted by molar-refractivity contribution is 1.12. The summed E-state index contributed by atoms with van der Waals surface area (Å²) in [7, 11) is 0. The van der Waals surface area contributed by atoms with Gasteiger partial charge in [0, 0.05) is 11.4 Å². The summed E-state index contributed by atoms with van der Waals surface area (Å²) in [6, 6.07) is 10.2. The zero-order valence-electron chi connectivity index (χ0n) is 7.92. The second-order valence-corrected chi connectivity index (χ2v) is 3.64. The molecule has 13 heavy (non-hydrogen) atoms. The molecule has 0 aliphatic carbocycles. The molecule has 2 heteroatoms. The molecule has 0 radical (unpaired) electrons. The summed E-state index contributed by atoms with van der Waals surface area (Å²) in [4.78, 5) is 0. The Morgan fingerprint density at radius 1 is 1.38 bits per heavy atom. The minimum absolute atomic E-state index is 0.978. The second kappa shape index (κ2) is 5.70. The van der Waals surface area contributed by atoms with E-state index in [0.717, 1.165) is 17.9 Å². The van der Waals surface area contributed by atoms with E-state index in [-0.39, 0.29) is 0 Å². The van der Waals surface area contributed by atoms with Crippen LogP contribution in [0, 0.1) is 0 Å². The fourth-order valence-corrected chi connectivity index (χ4v) is 1.61. The Bertz CT molecular complexity index is 256. The van der Waals surface area contributed by atoms with Crippen molar-refractivity contribution in [3.8, 4) is 0 Å². The van der Waals surface area contributed by atoms with Gasteiger partial charge in [0.1, 0.15) is 0 Å². The maximum atomic E-state index is 3.94. The average Bonchev–Trinajstić information content (AvgIpc) is 2.19. The van der Waals surface area contributed by atoms with Crippen LogP contribution >= 0.6 is 11.9 Å². The highest BCUT2D eigenvalue weighted by Gasteiger charge is 1.92. The second-order valence-electron chi connectivity index (χ2n) is 2.86. The van der Waals surface area contributed by atoms with Gasteiger partial charge in [-0.25, -0.2) is 0 Å². The van der Waals surface area contributed by atoms with Crippen LogP contribution in [0.25, 0.3) is 0 Å². The van der Waals surface area contributed by atoms with Gasteiger partial charge >= 0.3 is 0 Å². The molecule has 1 N–H and O–H groups in total. The summed E-state index contributed by atoms with van der Waals surface area (Å²) in [6.07, 6.45) is 1.06. The highest BCUT2D eigenvalue weighted by atomic mass is 32.2. The number of anilines is 1. The van der Waals surface area contributed by atoms with Crippen LogP contribution in [0.3, 0.4) is 0 Å². The molecule has 0 aliphatic rings. The fourth-order valence-electron chi connectivity index (χ4n) is 0.830.